The van der Waals surface area contributed by atoms with E-state index in [0.717, 1.165) is 11.6 Å². The summed E-state index contributed by atoms with van der Waals surface area (Å²) in [7, 11) is 4.05. The van der Waals surface area contributed by atoms with Gasteiger partial charge < -0.3 is 10.2 Å². The number of anilines is 2. The van der Waals surface area contributed by atoms with Crippen molar-refractivity contribution in [2.75, 3.05) is 24.3 Å². The second kappa shape index (κ2) is 3.92. The Morgan fingerprint density at radius 1 is 1.19 bits per heavy atom. The first-order valence-electron chi connectivity index (χ1n) is 5.81. The van der Waals surface area contributed by atoms with Gasteiger partial charge in [0.2, 0.25) is 0 Å². The quantitative estimate of drug-likeness (QED) is 0.787. The minimum absolute atomic E-state index is 0.465. The summed E-state index contributed by atoms with van der Waals surface area (Å²) in [6.45, 7) is 6.75. The van der Waals surface area contributed by atoms with Gasteiger partial charge in [-0.2, -0.15) is 0 Å². The highest BCUT2D eigenvalue weighted by atomic mass is 15.2. The number of rotatable bonds is 1. The number of aromatic nitrogens is 2. The Morgan fingerprint density at radius 3 is 2.50 bits per heavy atom. The average Bonchev–Trinajstić information content (AvgIpc) is 2.25. The Kier molecular flexibility index (Phi) is 2.74. The number of nitrogens with zero attached hydrogens (tertiary/aromatic N) is 3. The van der Waals surface area contributed by atoms with Gasteiger partial charge in [-0.3, -0.25) is 0 Å². The van der Waals surface area contributed by atoms with Gasteiger partial charge in [0, 0.05) is 25.7 Å². The van der Waals surface area contributed by atoms with Gasteiger partial charge in [-0.1, -0.05) is 13.8 Å². The molecular weight excluding hydrogens is 200 g/mol. The zero-order chi connectivity index (χ0) is 11.9. The van der Waals surface area contributed by atoms with Crippen molar-refractivity contribution in [2.24, 2.45) is 5.92 Å². The lowest BCUT2D eigenvalue weighted by atomic mass is 9.81. The first-order valence-corrected chi connectivity index (χ1v) is 5.81. The molecule has 0 amide bonds. The second-order valence-corrected chi connectivity index (χ2v) is 4.93. The number of nitrogens with one attached hydrogen (secondary N) is 1. The highest BCUT2D eigenvalue weighted by molar-refractivity contribution is 5.62. The third-order valence-electron chi connectivity index (χ3n) is 3.68. The summed E-state index contributed by atoms with van der Waals surface area (Å²) < 4.78 is 0. The molecule has 0 spiro atoms. The van der Waals surface area contributed by atoms with Gasteiger partial charge in [-0.15, -0.1) is 0 Å². The minimum Gasteiger partial charge on any atom is -0.367 e. The van der Waals surface area contributed by atoms with Crippen molar-refractivity contribution in [2.45, 2.75) is 32.7 Å². The monoisotopic (exact) mass is 220 g/mol. The van der Waals surface area contributed by atoms with E-state index >= 15 is 0 Å². The maximum absolute atomic E-state index is 4.38. The lowest BCUT2D eigenvalue weighted by Crippen LogP contribution is -2.35. The third-order valence-corrected chi connectivity index (χ3v) is 3.68. The molecule has 2 heterocycles. The summed E-state index contributed by atoms with van der Waals surface area (Å²) in [5, 5.41) is 3.46. The molecule has 1 aliphatic rings. The van der Waals surface area contributed by atoms with Gasteiger partial charge in [0.1, 0.15) is 18.0 Å². The number of hydrogen-bond donors (Lipinski definition) is 1. The Morgan fingerprint density at radius 2 is 1.88 bits per heavy atom. The van der Waals surface area contributed by atoms with Crippen LogP contribution in [0.1, 0.15) is 32.3 Å². The van der Waals surface area contributed by atoms with E-state index in [1.807, 2.05) is 14.1 Å². The molecule has 1 aliphatic heterocycles. The molecule has 0 aromatic carbocycles. The van der Waals surface area contributed by atoms with Crippen molar-refractivity contribution in [3.63, 3.8) is 0 Å². The molecule has 88 valence electrons. The van der Waals surface area contributed by atoms with Crippen LogP contribution in [0.4, 0.5) is 11.6 Å². The van der Waals surface area contributed by atoms with Gasteiger partial charge in [0.05, 0.1) is 0 Å². The van der Waals surface area contributed by atoms with Crippen molar-refractivity contribution in [3.05, 3.63) is 11.9 Å². The topological polar surface area (TPSA) is 41.1 Å². The highest BCUT2D eigenvalue weighted by Crippen LogP contribution is 2.40. The Hall–Kier alpha value is -1.32. The van der Waals surface area contributed by atoms with Crippen LogP contribution in [-0.2, 0) is 0 Å². The van der Waals surface area contributed by atoms with E-state index in [-0.39, 0.29) is 0 Å². The van der Waals surface area contributed by atoms with Crippen LogP contribution in [0.15, 0.2) is 6.33 Å². The molecule has 1 aromatic rings. The first-order chi connectivity index (χ1) is 7.52. The molecule has 0 fully saturated rings. The maximum atomic E-state index is 4.38. The molecule has 0 radical (unpaired) electrons. The Bertz CT molecular complexity index is 389. The Balaban J connectivity index is 2.53. The zero-order valence-corrected chi connectivity index (χ0v) is 10.7. The van der Waals surface area contributed by atoms with Crippen LogP contribution >= 0.6 is 0 Å². The smallest absolute Gasteiger partial charge is 0.137 e. The van der Waals surface area contributed by atoms with E-state index < -0.39 is 0 Å². The molecule has 0 aliphatic carbocycles. The third kappa shape index (κ3) is 1.62. The number of hydrogen-bond acceptors (Lipinski definition) is 4. The van der Waals surface area contributed by atoms with Gasteiger partial charge >= 0.3 is 0 Å². The summed E-state index contributed by atoms with van der Waals surface area (Å²) >= 11 is 0. The van der Waals surface area contributed by atoms with Gasteiger partial charge in [0.25, 0.3) is 0 Å². The molecule has 3 unspecified atom stereocenters. The summed E-state index contributed by atoms with van der Waals surface area (Å²) in [6, 6.07) is 0.465. The van der Waals surface area contributed by atoms with E-state index in [1.165, 1.54) is 5.56 Å². The van der Waals surface area contributed by atoms with Crippen molar-refractivity contribution in [1.82, 2.24) is 9.97 Å². The van der Waals surface area contributed by atoms with Crippen molar-refractivity contribution in [3.8, 4) is 0 Å². The maximum Gasteiger partial charge on any atom is 0.137 e. The lowest BCUT2D eigenvalue weighted by molar-refractivity contribution is 0.417. The van der Waals surface area contributed by atoms with Crippen molar-refractivity contribution in [1.29, 1.82) is 0 Å². The Labute approximate surface area is 97.1 Å². The molecule has 3 atom stereocenters. The van der Waals surface area contributed by atoms with Crippen LogP contribution in [0, 0.1) is 5.92 Å². The molecule has 4 nitrogen and oxygen atoms in total. The molecule has 1 aromatic heterocycles. The highest BCUT2D eigenvalue weighted by Gasteiger charge is 2.31. The van der Waals surface area contributed by atoms with Crippen LogP contribution in [0.25, 0.3) is 0 Å². The van der Waals surface area contributed by atoms with Gasteiger partial charge in [-0.05, 0) is 18.8 Å². The SMILES string of the molecule is CC1Nc2ncnc(N(C)C)c2C(C)C1C. The number of fused-ring (bicyclic) bond motifs is 1. The van der Waals surface area contributed by atoms with Crippen LogP contribution in [0.3, 0.4) is 0 Å². The fraction of sp³-hybridized carbons (Fsp3) is 0.667. The largest absolute Gasteiger partial charge is 0.367 e. The fourth-order valence-corrected chi connectivity index (χ4v) is 2.32. The van der Waals surface area contributed by atoms with Gasteiger partial charge in [-0.25, -0.2) is 9.97 Å². The molecule has 1 N–H and O–H groups in total. The summed E-state index contributed by atoms with van der Waals surface area (Å²) in [4.78, 5) is 10.8. The lowest BCUT2D eigenvalue weighted by Gasteiger charge is -2.36. The average molecular weight is 220 g/mol. The first kappa shape index (κ1) is 11.2. The molecule has 0 saturated carbocycles. The summed E-state index contributed by atoms with van der Waals surface area (Å²) in [5.41, 5.74) is 1.25. The standard InChI is InChI=1S/C12H20N4/c1-7-8(2)10-11(15-9(7)3)13-6-14-12(10)16(4)5/h6-9H,1-5H3,(H,13,14,15). The molecule has 2 rings (SSSR count). The van der Waals surface area contributed by atoms with E-state index in [9.17, 15) is 0 Å². The zero-order valence-electron chi connectivity index (χ0n) is 10.7. The van der Waals surface area contributed by atoms with E-state index in [0.29, 0.717) is 17.9 Å². The predicted octanol–water partition coefficient (Wildman–Crippen LogP) is 2.10. The van der Waals surface area contributed by atoms with Crippen molar-refractivity contribution < 1.29 is 0 Å². The van der Waals surface area contributed by atoms with E-state index in [2.05, 4.69) is 41.0 Å². The second-order valence-electron chi connectivity index (χ2n) is 4.93. The van der Waals surface area contributed by atoms with Gasteiger partial charge in [0.15, 0.2) is 0 Å². The normalized spacial score (nSPS) is 28.2. The molecule has 4 heteroatoms. The van der Waals surface area contributed by atoms with Crippen molar-refractivity contribution >= 4 is 11.6 Å². The molecular formula is C12H20N4. The van der Waals surface area contributed by atoms with Crippen LogP contribution in [0.5, 0.6) is 0 Å². The predicted molar refractivity (Wildman–Crippen MR) is 67.0 cm³/mol. The van der Waals surface area contributed by atoms with E-state index in [4.69, 9.17) is 0 Å². The molecule has 16 heavy (non-hydrogen) atoms. The summed E-state index contributed by atoms with van der Waals surface area (Å²) in [5.74, 6) is 3.11. The van der Waals surface area contributed by atoms with Crippen LogP contribution < -0.4 is 10.2 Å². The molecule has 0 saturated heterocycles. The van der Waals surface area contributed by atoms with Crippen LogP contribution in [0.2, 0.25) is 0 Å². The summed E-state index contributed by atoms with van der Waals surface area (Å²) in [6.07, 6.45) is 1.64. The van der Waals surface area contributed by atoms with Crippen LogP contribution in [-0.4, -0.2) is 30.1 Å². The fourth-order valence-electron chi connectivity index (χ4n) is 2.32. The van der Waals surface area contributed by atoms with E-state index in [1.54, 1.807) is 6.33 Å². The minimum atomic E-state index is 0.465. The molecule has 0 bridgehead atoms.